The monoisotopic (exact) mass is 608 g/mol. The van der Waals surface area contributed by atoms with Crippen LogP contribution in [0.25, 0.3) is 0 Å². The Balaban J connectivity index is 2.22. The molecule has 2 atom stereocenters. The molecule has 0 aromatic heterocycles. The van der Waals surface area contributed by atoms with Crippen molar-refractivity contribution >= 4 is 11.9 Å². The van der Waals surface area contributed by atoms with E-state index in [2.05, 4.69) is 32.7 Å². The molecule has 5 nitrogen and oxygen atoms in total. The summed E-state index contributed by atoms with van der Waals surface area (Å²) >= 11 is 0. The van der Waals surface area contributed by atoms with Gasteiger partial charge in [-0.25, -0.2) is 0 Å². The van der Waals surface area contributed by atoms with E-state index in [1.54, 1.807) is 0 Å². The van der Waals surface area contributed by atoms with Crippen molar-refractivity contribution in [3.8, 4) is 0 Å². The molecule has 0 aromatic carbocycles. The molecule has 0 N–H and O–H groups in total. The van der Waals surface area contributed by atoms with Crippen molar-refractivity contribution in [2.45, 2.75) is 194 Å². The van der Waals surface area contributed by atoms with E-state index in [4.69, 9.17) is 9.47 Å². The van der Waals surface area contributed by atoms with Gasteiger partial charge in [0.25, 0.3) is 0 Å². The van der Waals surface area contributed by atoms with Gasteiger partial charge in [0, 0.05) is 6.42 Å². The van der Waals surface area contributed by atoms with Crippen LogP contribution in [0.2, 0.25) is 0 Å². The predicted octanol–water partition coefficient (Wildman–Crippen LogP) is 10.8. The highest BCUT2D eigenvalue weighted by molar-refractivity contribution is 5.72. The molecule has 1 aliphatic rings. The van der Waals surface area contributed by atoms with E-state index in [1.165, 1.54) is 109 Å². The standard InChI is InChI=1S/C38H73NO4/c1-5-8-11-13-14-17-21-26-36(43-38(41)35-28-30-39(4)31-29-35)27-22-18-15-16-19-23-32-42-37(40)33-34(24-10-7-3)25-20-12-9-6-2/h34-36H,5-33H2,1-4H3. The zero-order chi connectivity index (χ0) is 31.4. The molecule has 1 fully saturated rings. The van der Waals surface area contributed by atoms with E-state index in [9.17, 15) is 9.59 Å². The second-order valence-electron chi connectivity index (χ2n) is 13.7. The number of hydrogen-bond acceptors (Lipinski definition) is 5. The maximum Gasteiger partial charge on any atom is 0.309 e. The number of carbonyl (C=O) groups is 2. The summed E-state index contributed by atoms with van der Waals surface area (Å²) in [4.78, 5) is 27.6. The minimum Gasteiger partial charge on any atom is -0.466 e. The third kappa shape index (κ3) is 23.0. The van der Waals surface area contributed by atoms with Gasteiger partial charge in [-0.15, -0.1) is 0 Å². The first-order valence-corrected chi connectivity index (χ1v) is 19.0. The number of likely N-dealkylation sites (tertiary alicyclic amines) is 1. The second kappa shape index (κ2) is 28.4. The number of carbonyl (C=O) groups excluding carboxylic acids is 2. The Morgan fingerprint density at radius 1 is 0.628 bits per heavy atom. The Morgan fingerprint density at radius 3 is 1.67 bits per heavy atom. The summed E-state index contributed by atoms with van der Waals surface area (Å²) < 4.78 is 11.7. The normalized spacial score (nSPS) is 15.8. The molecule has 1 rings (SSSR count). The zero-order valence-electron chi connectivity index (χ0n) is 29.3. The molecule has 0 radical (unpaired) electrons. The van der Waals surface area contributed by atoms with Crippen LogP contribution in [0.1, 0.15) is 188 Å². The van der Waals surface area contributed by atoms with Crippen LogP contribution < -0.4 is 0 Å². The summed E-state index contributed by atoms with van der Waals surface area (Å²) in [5.41, 5.74) is 0. The van der Waals surface area contributed by atoms with Crippen LogP contribution in [0.4, 0.5) is 0 Å². The maximum atomic E-state index is 12.9. The van der Waals surface area contributed by atoms with Gasteiger partial charge < -0.3 is 14.4 Å². The Labute approximate surface area is 268 Å². The Kier molecular flexibility index (Phi) is 26.3. The lowest BCUT2D eigenvalue weighted by molar-refractivity contribution is -0.156. The van der Waals surface area contributed by atoms with E-state index in [-0.39, 0.29) is 24.0 Å². The number of unbranched alkanes of at least 4 members (excludes halogenated alkanes) is 15. The van der Waals surface area contributed by atoms with Gasteiger partial charge in [-0.05, 0) is 83.8 Å². The van der Waals surface area contributed by atoms with Gasteiger partial charge in [0.1, 0.15) is 6.10 Å². The molecule has 0 aromatic rings. The average molecular weight is 608 g/mol. The number of esters is 2. The van der Waals surface area contributed by atoms with Crippen LogP contribution in [0.15, 0.2) is 0 Å². The number of rotatable bonds is 29. The molecule has 0 amide bonds. The summed E-state index contributed by atoms with van der Waals surface area (Å²) in [5.74, 6) is 0.666. The summed E-state index contributed by atoms with van der Waals surface area (Å²) in [6.45, 7) is 9.31. The van der Waals surface area contributed by atoms with Gasteiger partial charge in [-0.2, -0.15) is 0 Å². The first-order chi connectivity index (χ1) is 21.0. The van der Waals surface area contributed by atoms with Gasteiger partial charge in [0.05, 0.1) is 12.5 Å². The van der Waals surface area contributed by atoms with E-state index >= 15 is 0 Å². The van der Waals surface area contributed by atoms with E-state index in [0.717, 1.165) is 64.5 Å². The molecule has 1 heterocycles. The van der Waals surface area contributed by atoms with Crippen molar-refractivity contribution in [3.63, 3.8) is 0 Å². The van der Waals surface area contributed by atoms with Crippen LogP contribution in [-0.4, -0.2) is 49.7 Å². The molecule has 43 heavy (non-hydrogen) atoms. The molecule has 2 unspecified atom stereocenters. The minimum atomic E-state index is 0.0124. The van der Waals surface area contributed by atoms with Gasteiger partial charge in [-0.1, -0.05) is 124 Å². The average Bonchev–Trinajstić information content (AvgIpc) is 3.00. The number of ether oxygens (including phenoxy) is 2. The summed E-state index contributed by atoms with van der Waals surface area (Å²) in [5, 5.41) is 0. The van der Waals surface area contributed by atoms with Gasteiger partial charge in [0.2, 0.25) is 0 Å². The summed E-state index contributed by atoms with van der Waals surface area (Å²) in [6.07, 6.45) is 30.3. The lowest BCUT2D eigenvalue weighted by Gasteiger charge is -2.29. The van der Waals surface area contributed by atoms with Crippen LogP contribution in [-0.2, 0) is 19.1 Å². The fourth-order valence-electron chi connectivity index (χ4n) is 6.46. The fourth-order valence-corrected chi connectivity index (χ4v) is 6.46. The largest absolute Gasteiger partial charge is 0.466 e. The molecular formula is C38H73NO4. The summed E-state index contributed by atoms with van der Waals surface area (Å²) in [7, 11) is 2.14. The topological polar surface area (TPSA) is 55.8 Å². The fraction of sp³-hybridized carbons (Fsp3) is 0.947. The molecule has 0 aliphatic carbocycles. The van der Waals surface area contributed by atoms with Crippen molar-refractivity contribution < 1.29 is 19.1 Å². The highest BCUT2D eigenvalue weighted by atomic mass is 16.5. The number of piperidine rings is 1. The highest BCUT2D eigenvalue weighted by Crippen LogP contribution is 2.23. The van der Waals surface area contributed by atoms with E-state index in [1.807, 2.05) is 0 Å². The maximum absolute atomic E-state index is 12.9. The summed E-state index contributed by atoms with van der Waals surface area (Å²) in [6, 6.07) is 0. The smallest absolute Gasteiger partial charge is 0.309 e. The molecule has 254 valence electrons. The molecular weight excluding hydrogens is 534 g/mol. The highest BCUT2D eigenvalue weighted by Gasteiger charge is 2.26. The minimum absolute atomic E-state index is 0.0124. The van der Waals surface area contributed by atoms with Crippen LogP contribution >= 0.6 is 0 Å². The van der Waals surface area contributed by atoms with Crippen LogP contribution in [0.3, 0.4) is 0 Å². The first kappa shape index (κ1) is 39.9. The van der Waals surface area contributed by atoms with Crippen molar-refractivity contribution in [1.29, 1.82) is 0 Å². The third-order valence-corrected chi connectivity index (χ3v) is 9.54. The predicted molar refractivity (Wildman–Crippen MR) is 182 cm³/mol. The molecule has 1 saturated heterocycles. The van der Waals surface area contributed by atoms with E-state index in [0.29, 0.717) is 18.9 Å². The van der Waals surface area contributed by atoms with Crippen LogP contribution in [0, 0.1) is 11.8 Å². The van der Waals surface area contributed by atoms with Crippen molar-refractivity contribution in [3.05, 3.63) is 0 Å². The number of nitrogens with zero attached hydrogens (tertiary/aromatic N) is 1. The molecule has 0 saturated carbocycles. The van der Waals surface area contributed by atoms with E-state index < -0.39 is 0 Å². The third-order valence-electron chi connectivity index (χ3n) is 9.54. The van der Waals surface area contributed by atoms with Crippen LogP contribution in [0.5, 0.6) is 0 Å². The molecule has 1 aliphatic heterocycles. The van der Waals surface area contributed by atoms with Crippen molar-refractivity contribution in [2.24, 2.45) is 11.8 Å². The Hall–Kier alpha value is -1.10. The Morgan fingerprint density at radius 2 is 1.09 bits per heavy atom. The molecule has 0 spiro atoms. The second-order valence-corrected chi connectivity index (χ2v) is 13.7. The Bertz CT molecular complexity index is 646. The molecule has 5 heteroatoms. The first-order valence-electron chi connectivity index (χ1n) is 19.0. The SMILES string of the molecule is CCCCCCCCCC(CCCCCCCCOC(=O)CC(CCCC)CCCCCC)OC(=O)C1CCN(C)CC1. The zero-order valence-corrected chi connectivity index (χ0v) is 29.3. The number of hydrogen-bond donors (Lipinski definition) is 0. The molecule has 0 bridgehead atoms. The van der Waals surface area contributed by atoms with Crippen molar-refractivity contribution in [2.75, 3.05) is 26.7 Å². The lowest BCUT2D eigenvalue weighted by atomic mass is 9.92. The van der Waals surface area contributed by atoms with Gasteiger partial charge in [0.15, 0.2) is 0 Å². The van der Waals surface area contributed by atoms with Gasteiger partial charge in [-0.3, -0.25) is 9.59 Å². The van der Waals surface area contributed by atoms with Gasteiger partial charge >= 0.3 is 11.9 Å². The lowest BCUT2D eigenvalue weighted by Crippen LogP contribution is -2.35. The van der Waals surface area contributed by atoms with Crippen molar-refractivity contribution in [1.82, 2.24) is 4.90 Å². The quantitative estimate of drug-likeness (QED) is 0.0625.